The second kappa shape index (κ2) is 15.1. The Morgan fingerprint density at radius 1 is 0.970 bits per heavy atom. The van der Waals surface area contributed by atoms with E-state index in [0.29, 0.717) is 6.61 Å². The fraction of sp³-hybridized carbons (Fsp3) is 0.500. The lowest BCUT2D eigenvalue weighted by molar-refractivity contribution is 0.213. The number of benzene rings is 1. The molecule has 0 radical (unpaired) electrons. The van der Waals surface area contributed by atoms with Crippen molar-refractivity contribution in [2.45, 2.75) is 72.6 Å². The zero-order valence-corrected chi connectivity index (χ0v) is 21.0. The largest absolute Gasteiger partial charge is 0.493 e. The quantitative estimate of drug-likeness (QED) is 0.126. The average molecular weight is 453 g/mol. The van der Waals surface area contributed by atoms with Crippen LogP contribution in [0, 0.1) is 13.8 Å². The van der Waals surface area contributed by atoms with E-state index in [1.54, 1.807) is 7.11 Å². The number of aromatic nitrogens is 1. The Morgan fingerprint density at radius 2 is 1.67 bits per heavy atom. The molecule has 5 nitrogen and oxygen atoms in total. The van der Waals surface area contributed by atoms with E-state index in [1.165, 1.54) is 37.7 Å². The van der Waals surface area contributed by atoms with Crippen molar-refractivity contribution in [2.24, 2.45) is 5.16 Å². The maximum Gasteiger partial charge on any atom is 0.125 e. The maximum absolute atomic E-state index is 6.08. The lowest BCUT2D eigenvalue weighted by atomic mass is 10.1. The van der Waals surface area contributed by atoms with E-state index in [1.807, 2.05) is 38.3 Å². The van der Waals surface area contributed by atoms with Crippen molar-refractivity contribution >= 4 is 5.71 Å². The first kappa shape index (κ1) is 26.4. The molecule has 0 aliphatic carbocycles. The minimum atomic E-state index is 0.600. The highest BCUT2D eigenvalue weighted by Gasteiger charge is 2.07. The Hall–Kier alpha value is -2.82. The first-order chi connectivity index (χ1) is 16.0. The predicted molar refractivity (Wildman–Crippen MR) is 137 cm³/mol. The summed E-state index contributed by atoms with van der Waals surface area (Å²) in [6, 6.07) is 8.27. The van der Waals surface area contributed by atoms with Crippen LogP contribution in [0.25, 0.3) is 0 Å². The van der Waals surface area contributed by atoms with Crippen LogP contribution < -0.4 is 9.47 Å². The summed E-state index contributed by atoms with van der Waals surface area (Å²) in [5.74, 6) is 1.90. The highest BCUT2D eigenvalue weighted by atomic mass is 16.6. The topological polar surface area (TPSA) is 52.9 Å². The molecule has 1 heterocycles. The van der Waals surface area contributed by atoms with Crippen molar-refractivity contribution in [3.8, 4) is 11.5 Å². The third-order valence-corrected chi connectivity index (χ3v) is 5.55. The molecule has 0 bridgehead atoms. The molecule has 0 saturated carbocycles. The van der Waals surface area contributed by atoms with Gasteiger partial charge in [0.1, 0.15) is 30.9 Å². The number of allylic oxidation sites excluding steroid dienone is 1. The van der Waals surface area contributed by atoms with Gasteiger partial charge >= 0.3 is 0 Å². The molecular weight excluding hydrogens is 412 g/mol. The summed E-state index contributed by atoms with van der Waals surface area (Å²) in [5, 5.41) is 3.92. The summed E-state index contributed by atoms with van der Waals surface area (Å²) in [5.41, 5.74) is 5.20. The van der Waals surface area contributed by atoms with Gasteiger partial charge in [-0.25, -0.2) is 0 Å². The number of rotatable bonds is 15. The van der Waals surface area contributed by atoms with E-state index < -0.39 is 0 Å². The fourth-order valence-corrected chi connectivity index (χ4v) is 3.74. The molecule has 2 rings (SSSR count). The second-order valence-corrected chi connectivity index (χ2v) is 8.40. The van der Waals surface area contributed by atoms with Gasteiger partial charge in [-0.15, -0.1) is 0 Å². The minimum Gasteiger partial charge on any atom is -0.493 e. The molecule has 0 aliphatic rings. The molecule has 33 heavy (non-hydrogen) atoms. The van der Waals surface area contributed by atoms with Gasteiger partial charge in [0.05, 0.1) is 12.3 Å². The van der Waals surface area contributed by atoms with Gasteiger partial charge in [0.2, 0.25) is 0 Å². The van der Waals surface area contributed by atoms with Crippen LogP contribution in [0.15, 0.2) is 47.8 Å². The molecule has 0 fully saturated rings. The first-order valence-corrected chi connectivity index (χ1v) is 12.1. The Labute approximate surface area is 199 Å². The van der Waals surface area contributed by atoms with Crippen LogP contribution in [-0.2, 0) is 11.3 Å². The number of aryl methyl sites for hydroxylation is 3. The Kier molecular flexibility index (Phi) is 12.1. The fourth-order valence-electron chi connectivity index (χ4n) is 3.74. The molecule has 0 aliphatic heterocycles. The van der Waals surface area contributed by atoms with Gasteiger partial charge in [-0.1, -0.05) is 49.1 Å². The molecule has 0 N–H and O–H groups in total. The van der Waals surface area contributed by atoms with E-state index in [0.717, 1.165) is 53.5 Å². The van der Waals surface area contributed by atoms with Crippen molar-refractivity contribution in [2.75, 3.05) is 20.3 Å². The van der Waals surface area contributed by atoms with Gasteiger partial charge < -0.3 is 14.3 Å². The molecule has 1 aromatic heterocycles. The van der Waals surface area contributed by atoms with Crippen molar-refractivity contribution in [1.82, 2.24) is 4.98 Å². The Morgan fingerprint density at radius 3 is 2.30 bits per heavy atom. The molecular formula is C28H40N2O3. The van der Waals surface area contributed by atoms with Crippen LogP contribution in [0.2, 0.25) is 0 Å². The molecule has 1 aromatic carbocycles. The first-order valence-electron chi connectivity index (χ1n) is 12.1. The summed E-state index contributed by atoms with van der Waals surface area (Å²) in [6.07, 6.45) is 14.3. The van der Waals surface area contributed by atoms with Gasteiger partial charge in [-0.05, 0) is 81.8 Å². The van der Waals surface area contributed by atoms with Crippen LogP contribution >= 0.6 is 0 Å². The average Bonchev–Trinajstić information content (AvgIpc) is 2.80. The van der Waals surface area contributed by atoms with Gasteiger partial charge in [0.25, 0.3) is 0 Å². The number of unbranched alkanes of at least 4 members (excludes halogenated alkanes) is 5. The number of hydrogen-bond acceptors (Lipinski definition) is 5. The molecule has 0 spiro atoms. The zero-order chi connectivity index (χ0) is 23.9. The number of ether oxygens (including phenoxy) is 2. The van der Waals surface area contributed by atoms with E-state index in [2.05, 4.69) is 42.2 Å². The highest BCUT2D eigenvalue weighted by molar-refractivity contribution is 5.96. The lowest BCUT2D eigenvalue weighted by Gasteiger charge is -2.14. The SMILES string of the molecule is C/C=C/COc1cc(C)c(OCCCCCCCCc2ccc(/C(C)=N/OC)nc2)c(C)c1. The standard InChI is InChI=1S/C28H40N2O3/c1-6-7-17-32-26-19-22(2)28(23(3)20-26)33-18-13-11-9-8-10-12-14-25-15-16-27(29-21-25)24(4)30-31-5/h6-7,15-16,19-21H,8-14,17-18H2,1-5H3/b7-6+,30-24+. The molecule has 0 atom stereocenters. The van der Waals surface area contributed by atoms with E-state index in [9.17, 15) is 0 Å². The molecule has 2 aromatic rings. The zero-order valence-electron chi connectivity index (χ0n) is 21.0. The van der Waals surface area contributed by atoms with E-state index >= 15 is 0 Å². The van der Waals surface area contributed by atoms with E-state index in [-0.39, 0.29) is 0 Å². The van der Waals surface area contributed by atoms with Crippen LogP contribution in [0.5, 0.6) is 11.5 Å². The number of pyridine rings is 1. The Balaban J connectivity index is 1.58. The van der Waals surface area contributed by atoms with Crippen LogP contribution in [-0.4, -0.2) is 31.0 Å². The summed E-state index contributed by atoms with van der Waals surface area (Å²) in [7, 11) is 1.55. The third kappa shape index (κ3) is 9.68. The number of hydrogen-bond donors (Lipinski definition) is 0. The molecule has 0 unspecified atom stereocenters. The maximum atomic E-state index is 6.08. The monoisotopic (exact) mass is 452 g/mol. The normalized spacial score (nSPS) is 11.7. The molecule has 0 saturated heterocycles. The van der Waals surface area contributed by atoms with Crippen LogP contribution in [0.3, 0.4) is 0 Å². The summed E-state index contributed by atoms with van der Waals surface area (Å²) in [6.45, 7) is 9.44. The summed E-state index contributed by atoms with van der Waals surface area (Å²) in [4.78, 5) is 9.27. The third-order valence-electron chi connectivity index (χ3n) is 5.55. The van der Waals surface area contributed by atoms with Crippen molar-refractivity contribution in [3.63, 3.8) is 0 Å². The number of nitrogens with zero attached hydrogens (tertiary/aromatic N) is 2. The van der Waals surface area contributed by atoms with Crippen molar-refractivity contribution in [3.05, 3.63) is 65.0 Å². The van der Waals surface area contributed by atoms with Crippen LogP contribution in [0.4, 0.5) is 0 Å². The van der Waals surface area contributed by atoms with Gasteiger partial charge in [-0.2, -0.15) is 0 Å². The molecule has 0 amide bonds. The molecule has 180 valence electrons. The van der Waals surface area contributed by atoms with Crippen molar-refractivity contribution < 1.29 is 14.3 Å². The van der Waals surface area contributed by atoms with Crippen LogP contribution in [0.1, 0.15) is 74.8 Å². The highest BCUT2D eigenvalue weighted by Crippen LogP contribution is 2.28. The van der Waals surface area contributed by atoms with Gasteiger partial charge in [0.15, 0.2) is 0 Å². The second-order valence-electron chi connectivity index (χ2n) is 8.40. The number of oxime groups is 1. The van der Waals surface area contributed by atoms with Gasteiger partial charge in [0, 0.05) is 6.20 Å². The lowest BCUT2D eigenvalue weighted by Crippen LogP contribution is -2.02. The molecule has 5 heteroatoms. The van der Waals surface area contributed by atoms with Gasteiger partial charge in [-0.3, -0.25) is 4.98 Å². The summed E-state index contributed by atoms with van der Waals surface area (Å²) < 4.78 is 11.8. The minimum absolute atomic E-state index is 0.600. The summed E-state index contributed by atoms with van der Waals surface area (Å²) >= 11 is 0. The Bertz CT molecular complexity index is 866. The van der Waals surface area contributed by atoms with Crippen molar-refractivity contribution in [1.29, 1.82) is 0 Å². The smallest absolute Gasteiger partial charge is 0.125 e. The van der Waals surface area contributed by atoms with E-state index in [4.69, 9.17) is 14.3 Å². The predicted octanol–water partition coefficient (Wildman–Crippen LogP) is 6.99.